The number of H-pyrrole nitrogens is 1. The van der Waals surface area contributed by atoms with Crippen LogP contribution in [0.3, 0.4) is 0 Å². The molecule has 0 radical (unpaired) electrons. The number of aliphatic carboxylic acids is 2. The van der Waals surface area contributed by atoms with Crippen LogP contribution < -0.4 is 21.7 Å². The minimum atomic E-state index is -1.52. The molecular weight excluding hydrogens is 534 g/mol. The Bertz CT molecular complexity index is 1400. The van der Waals surface area contributed by atoms with E-state index < -0.39 is 60.2 Å². The third kappa shape index (κ3) is 8.80. The molecule has 0 bridgehead atoms. The summed E-state index contributed by atoms with van der Waals surface area (Å²) in [5.41, 5.74) is 7.80. The highest BCUT2D eigenvalue weighted by atomic mass is 16.4. The molecular formula is C28H33N5O8. The van der Waals surface area contributed by atoms with Gasteiger partial charge in [-0.15, -0.1) is 0 Å². The number of benzene rings is 2. The molecule has 0 saturated carbocycles. The molecule has 0 aliphatic heterocycles. The van der Waals surface area contributed by atoms with Crippen LogP contribution in [0.25, 0.3) is 10.9 Å². The highest BCUT2D eigenvalue weighted by Crippen LogP contribution is 2.19. The van der Waals surface area contributed by atoms with Gasteiger partial charge in [-0.3, -0.25) is 19.2 Å². The Morgan fingerprint density at radius 1 is 0.829 bits per heavy atom. The number of carbonyl (C=O) groups is 5. The molecule has 13 heteroatoms. The monoisotopic (exact) mass is 567 g/mol. The van der Waals surface area contributed by atoms with Gasteiger partial charge in [0, 0.05) is 36.4 Å². The van der Waals surface area contributed by atoms with Crippen molar-refractivity contribution in [3.8, 4) is 5.75 Å². The maximum atomic E-state index is 13.6. The lowest BCUT2D eigenvalue weighted by Crippen LogP contribution is -2.58. The van der Waals surface area contributed by atoms with Crippen LogP contribution in [0.15, 0.2) is 54.7 Å². The SMILES string of the molecule is CC(N)C(=O)NC(Cc1c[nH]c2ccccc12)C(=O)NC(Cc1ccc(O)cc1)C(=O)NC(CCC(=O)O)C(=O)O. The van der Waals surface area contributed by atoms with Crippen LogP contribution >= 0.6 is 0 Å². The van der Waals surface area contributed by atoms with Crippen LogP contribution in [-0.2, 0) is 36.8 Å². The molecule has 2 aromatic carbocycles. The second-order valence-corrected chi connectivity index (χ2v) is 9.68. The number of carboxylic acid groups (broad SMARTS) is 2. The van der Waals surface area contributed by atoms with Gasteiger partial charge in [-0.1, -0.05) is 30.3 Å². The third-order valence-electron chi connectivity index (χ3n) is 6.42. The molecule has 3 rings (SSSR count). The summed E-state index contributed by atoms with van der Waals surface area (Å²) in [6.07, 6.45) is 0.804. The smallest absolute Gasteiger partial charge is 0.326 e. The Morgan fingerprint density at radius 2 is 1.41 bits per heavy atom. The molecule has 13 nitrogen and oxygen atoms in total. The number of nitrogens with two attached hydrogens (primary N) is 1. The fraction of sp³-hybridized carbons (Fsp3) is 0.321. The van der Waals surface area contributed by atoms with E-state index in [4.69, 9.17) is 10.8 Å². The number of aromatic hydroxyl groups is 1. The van der Waals surface area contributed by atoms with Crippen LogP contribution in [0.4, 0.5) is 0 Å². The number of fused-ring (bicyclic) bond motifs is 1. The van der Waals surface area contributed by atoms with Gasteiger partial charge in [0.2, 0.25) is 17.7 Å². The Balaban J connectivity index is 1.88. The van der Waals surface area contributed by atoms with Gasteiger partial charge in [-0.25, -0.2) is 4.79 Å². The predicted molar refractivity (Wildman–Crippen MR) is 148 cm³/mol. The first-order valence-corrected chi connectivity index (χ1v) is 12.9. The molecule has 9 N–H and O–H groups in total. The Morgan fingerprint density at radius 3 is 2.02 bits per heavy atom. The number of nitrogens with one attached hydrogen (secondary N) is 4. The lowest BCUT2D eigenvalue weighted by atomic mass is 10.0. The summed E-state index contributed by atoms with van der Waals surface area (Å²) in [5, 5.41) is 36.4. The Labute approximate surface area is 235 Å². The van der Waals surface area contributed by atoms with Crippen molar-refractivity contribution in [3.05, 3.63) is 65.9 Å². The molecule has 4 atom stereocenters. The van der Waals surface area contributed by atoms with Gasteiger partial charge in [-0.2, -0.15) is 0 Å². The number of amides is 3. The van der Waals surface area contributed by atoms with Crippen molar-refractivity contribution in [2.45, 2.75) is 56.8 Å². The van der Waals surface area contributed by atoms with Gasteiger partial charge in [0.1, 0.15) is 23.9 Å². The predicted octanol–water partition coefficient (Wildman–Crippen LogP) is 0.410. The first kappa shape index (κ1) is 30.6. The quantitative estimate of drug-likeness (QED) is 0.135. The number of hydrogen-bond acceptors (Lipinski definition) is 7. The Hall–Kier alpha value is -4.91. The van der Waals surface area contributed by atoms with Gasteiger partial charge in [-0.05, 0) is 42.7 Å². The fourth-order valence-electron chi connectivity index (χ4n) is 4.18. The minimum absolute atomic E-state index is 0.0178. The average Bonchev–Trinajstić information content (AvgIpc) is 3.33. The first-order chi connectivity index (χ1) is 19.4. The number of carboxylic acids is 2. The number of carbonyl (C=O) groups excluding carboxylic acids is 3. The number of aromatic amines is 1. The van der Waals surface area contributed by atoms with E-state index in [-0.39, 0.29) is 25.0 Å². The number of rotatable bonds is 14. The van der Waals surface area contributed by atoms with Crippen LogP contribution in [0.5, 0.6) is 5.75 Å². The zero-order valence-electron chi connectivity index (χ0n) is 22.3. The molecule has 0 fully saturated rings. The number of aromatic nitrogens is 1. The summed E-state index contributed by atoms with van der Waals surface area (Å²) < 4.78 is 0. The minimum Gasteiger partial charge on any atom is -0.508 e. The van der Waals surface area contributed by atoms with E-state index in [0.717, 1.165) is 16.5 Å². The second-order valence-electron chi connectivity index (χ2n) is 9.68. The Kier molecular flexibility index (Phi) is 10.4. The topological polar surface area (TPSA) is 224 Å². The maximum Gasteiger partial charge on any atom is 0.326 e. The van der Waals surface area contributed by atoms with Crippen LogP contribution in [0.1, 0.15) is 30.9 Å². The van der Waals surface area contributed by atoms with Gasteiger partial charge in [0.25, 0.3) is 0 Å². The van der Waals surface area contributed by atoms with Crippen molar-refractivity contribution < 1.29 is 39.3 Å². The van der Waals surface area contributed by atoms with Crippen molar-refractivity contribution in [3.63, 3.8) is 0 Å². The molecule has 218 valence electrons. The highest BCUT2D eigenvalue weighted by Gasteiger charge is 2.31. The van der Waals surface area contributed by atoms with E-state index in [1.165, 1.54) is 31.2 Å². The van der Waals surface area contributed by atoms with E-state index in [1.807, 2.05) is 24.3 Å². The number of phenols is 1. The fourth-order valence-corrected chi connectivity index (χ4v) is 4.18. The van der Waals surface area contributed by atoms with E-state index >= 15 is 0 Å². The number of phenolic OH excluding ortho intramolecular Hbond substituents is 1. The first-order valence-electron chi connectivity index (χ1n) is 12.9. The number of hydrogen-bond donors (Lipinski definition) is 8. The lowest BCUT2D eigenvalue weighted by Gasteiger charge is -2.25. The zero-order chi connectivity index (χ0) is 30.1. The van der Waals surface area contributed by atoms with E-state index in [9.17, 15) is 34.2 Å². The largest absolute Gasteiger partial charge is 0.508 e. The standard InChI is InChI=1S/C28H33N5O8/c1-15(29)25(37)32-23(13-17-14-30-20-5-3-2-4-19(17)20)27(39)33-22(12-16-6-8-18(34)9-7-16)26(38)31-21(28(40)41)10-11-24(35)36/h2-9,14-15,21-23,30,34H,10-13,29H2,1H3,(H,31,38)(H,32,37)(H,33,39)(H,35,36)(H,40,41). The van der Waals surface area contributed by atoms with Gasteiger partial charge in [0.15, 0.2) is 0 Å². The van der Waals surface area contributed by atoms with Crippen molar-refractivity contribution in [1.29, 1.82) is 0 Å². The summed E-state index contributed by atoms with van der Waals surface area (Å²) in [4.78, 5) is 65.1. The van der Waals surface area contributed by atoms with Crippen molar-refractivity contribution >= 4 is 40.6 Å². The second kappa shape index (κ2) is 13.9. The lowest BCUT2D eigenvalue weighted by molar-refractivity contribution is -0.143. The molecule has 1 aromatic heterocycles. The van der Waals surface area contributed by atoms with Crippen molar-refractivity contribution in [2.75, 3.05) is 0 Å². The van der Waals surface area contributed by atoms with Crippen LogP contribution in [0.2, 0.25) is 0 Å². The number of para-hydroxylation sites is 1. The molecule has 0 aliphatic rings. The van der Waals surface area contributed by atoms with E-state index in [0.29, 0.717) is 5.56 Å². The molecule has 1 heterocycles. The van der Waals surface area contributed by atoms with E-state index in [2.05, 4.69) is 20.9 Å². The summed E-state index contributed by atoms with van der Waals surface area (Å²) in [6, 6.07) is 8.33. The molecule has 41 heavy (non-hydrogen) atoms. The van der Waals surface area contributed by atoms with Gasteiger partial charge < -0.3 is 42.0 Å². The summed E-state index contributed by atoms with van der Waals surface area (Å²) in [7, 11) is 0. The molecule has 0 saturated heterocycles. The normalized spacial score (nSPS) is 13.9. The van der Waals surface area contributed by atoms with Crippen LogP contribution in [0, 0.1) is 0 Å². The van der Waals surface area contributed by atoms with Crippen LogP contribution in [-0.4, -0.2) is 74.1 Å². The average molecular weight is 568 g/mol. The molecule has 3 aromatic rings. The third-order valence-corrected chi connectivity index (χ3v) is 6.42. The van der Waals surface area contributed by atoms with Gasteiger partial charge >= 0.3 is 11.9 Å². The van der Waals surface area contributed by atoms with Crippen molar-refractivity contribution in [2.24, 2.45) is 5.73 Å². The summed E-state index contributed by atoms with van der Waals surface area (Å²) >= 11 is 0. The summed E-state index contributed by atoms with van der Waals surface area (Å²) in [5.74, 6) is -4.87. The van der Waals surface area contributed by atoms with E-state index in [1.54, 1.807) is 6.20 Å². The maximum absolute atomic E-state index is 13.6. The van der Waals surface area contributed by atoms with Gasteiger partial charge in [0.05, 0.1) is 6.04 Å². The molecule has 4 unspecified atom stereocenters. The molecule has 0 aliphatic carbocycles. The molecule has 0 spiro atoms. The highest BCUT2D eigenvalue weighted by molar-refractivity contribution is 5.95. The van der Waals surface area contributed by atoms with Crippen molar-refractivity contribution in [1.82, 2.24) is 20.9 Å². The molecule has 3 amide bonds. The zero-order valence-corrected chi connectivity index (χ0v) is 22.3. The summed E-state index contributed by atoms with van der Waals surface area (Å²) in [6.45, 7) is 1.46.